The van der Waals surface area contributed by atoms with Crippen LogP contribution in [-0.4, -0.2) is 73.1 Å². The molecule has 1 aromatic heterocycles. The van der Waals surface area contributed by atoms with Crippen molar-refractivity contribution in [1.82, 2.24) is 0 Å². The number of aliphatic hydroxyl groups is 4. The van der Waals surface area contributed by atoms with Crippen molar-refractivity contribution in [3.8, 4) is 34.3 Å². The number of rotatable bonds is 4. The SMILES string of the molecule is O=c1cc(-c2ccc(O)c(O[C@H]3O[C@@H](CO)[C@H](O)[C@@H](O)[C@@H]3O)c2)oc2cc(O)cc(O)c12. The van der Waals surface area contributed by atoms with Crippen LogP contribution in [0.2, 0.25) is 0 Å². The molecule has 5 atom stereocenters. The van der Waals surface area contributed by atoms with Gasteiger partial charge in [-0.3, -0.25) is 4.79 Å². The molecule has 1 aliphatic rings. The fraction of sp³-hybridized carbons (Fsp3) is 0.286. The molecule has 1 saturated heterocycles. The van der Waals surface area contributed by atoms with Gasteiger partial charge in [-0.1, -0.05) is 0 Å². The fourth-order valence-electron chi connectivity index (χ4n) is 3.45. The molecule has 0 spiro atoms. The molecule has 1 fully saturated rings. The van der Waals surface area contributed by atoms with Gasteiger partial charge in [0.05, 0.1) is 6.61 Å². The number of aliphatic hydroxyl groups excluding tert-OH is 4. The molecule has 170 valence electrons. The highest BCUT2D eigenvalue weighted by atomic mass is 16.7. The average molecular weight is 448 g/mol. The summed E-state index contributed by atoms with van der Waals surface area (Å²) in [5.41, 5.74) is -0.401. The van der Waals surface area contributed by atoms with Gasteiger partial charge in [0.1, 0.15) is 52.6 Å². The Labute approximate surface area is 179 Å². The van der Waals surface area contributed by atoms with Crippen molar-refractivity contribution < 1.29 is 49.6 Å². The van der Waals surface area contributed by atoms with Crippen LogP contribution in [0.5, 0.6) is 23.0 Å². The molecule has 3 aromatic rings. The minimum atomic E-state index is -1.69. The second kappa shape index (κ2) is 8.30. The number of hydrogen-bond donors (Lipinski definition) is 7. The zero-order valence-corrected chi connectivity index (χ0v) is 16.3. The zero-order valence-electron chi connectivity index (χ0n) is 16.3. The molecule has 0 radical (unpaired) electrons. The summed E-state index contributed by atoms with van der Waals surface area (Å²) < 4.78 is 16.3. The standard InChI is InChI=1S/C21H20O11/c22-7-16-18(27)19(28)20(29)21(32-16)31-14-3-8(1-2-10(14)24)13-6-12(26)17-11(25)4-9(23)5-15(17)30-13/h1-6,16,18-25,27-29H,7H2/t16-,18-,19+,20-,21-/m0/s1. The molecule has 32 heavy (non-hydrogen) atoms. The molecule has 0 bridgehead atoms. The van der Waals surface area contributed by atoms with E-state index in [9.17, 15) is 40.5 Å². The van der Waals surface area contributed by atoms with Crippen molar-refractivity contribution in [3.05, 3.63) is 46.6 Å². The number of phenols is 3. The van der Waals surface area contributed by atoms with Crippen LogP contribution in [0.1, 0.15) is 0 Å². The summed E-state index contributed by atoms with van der Waals surface area (Å²) in [5, 5.41) is 68.8. The summed E-state index contributed by atoms with van der Waals surface area (Å²) in [6.07, 6.45) is -7.68. The van der Waals surface area contributed by atoms with E-state index in [-0.39, 0.29) is 39.5 Å². The quantitative estimate of drug-likeness (QED) is 0.279. The number of fused-ring (bicyclic) bond motifs is 1. The largest absolute Gasteiger partial charge is 0.508 e. The first-order valence-electron chi connectivity index (χ1n) is 9.50. The van der Waals surface area contributed by atoms with E-state index in [4.69, 9.17) is 13.9 Å². The van der Waals surface area contributed by atoms with Gasteiger partial charge >= 0.3 is 0 Å². The summed E-state index contributed by atoms with van der Waals surface area (Å²) in [7, 11) is 0. The second-order valence-electron chi connectivity index (χ2n) is 7.31. The number of aromatic hydroxyl groups is 3. The molecule has 2 heterocycles. The Balaban J connectivity index is 1.70. The van der Waals surface area contributed by atoms with Gasteiger partial charge in [0, 0.05) is 23.8 Å². The van der Waals surface area contributed by atoms with Gasteiger partial charge in [0.2, 0.25) is 6.29 Å². The Kier molecular flexibility index (Phi) is 5.67. The molecular formula is C21H20O11. The first-order valence-corrected chi connectivity index (χ1v) is 9.50. The third-order valence-electron chi connectivity index (χ3n) is 5.13. The predicted octanol–water partition coefficient (Wildman–Crippen LogP) is -0.245. The molecule has 11 heteroatoms. The van der Waals surface area contributed by atoms with Gasteiger partial charge in [-0.05, 0) is 18.2 Å². The molecule has 2 aromatic carbocycles. The number of hydrogen-bond acceptors (Lipinski definition) is 11. The molecule has 0 unspecified atom stereocenters. The van der Waals surface area contributed by atoms with Crippen molar-refractivity contribution in [3.63, 3.8) is 0 Å². The van der Waals surface area contributed by atoms with Crippen LogP contribution in [0.15, 0.2) is 45.6 Å². The number of ether oxygens (including phenoxy) is 2. The van der Waals surface area contributed by atoms with E-state index in [1.165, 1.54) is 18.2 Å². The maximum absolute atomic E-state index is 12.4. The Morgan fingerprint density at radius 2 is 1.66 bits per heavy atom. The van der Waals surface area contributed by atoms with Gasteiger partial charge in [-0.15, -0.1) is 0 Å². The van der Waals surface area contributed by atoms with Gasteiger partial charge in [0.25, 0.3) is 0 Å². The van der Waals surface area contributed by atoms with Crippen molar-refractivity contribution in [2.24, 2.45) is 0 Å². The van der Waals surface area contributed by atoms with Crippen LogP contribution in [0.3, 0.4) is 0 Å². The monoisotopic (exact) mass is 448 g/mol. The average Bonchev–Trinajstić information content (AvgIpc) is 2.74. The first kappa shape index (κ1) is 21.9. The van der Waals surface area contributed by atoms with Gasteiger partial charge in [0.15, 0.2) is 16.9 Å². The maximum Gasteiger partial charge on any atom is 0.229 e. The Morgan fingerprint density at radius 1 is 0.906 bits per heavy atom. The zero-order chi connectivity index (χ0) is 23.2. The minimum Gasteiger partial charge on any atom is -0.508 e. The van der Waals surface area contributed by atoms with Crippen molar-refractivity contribution in [2.45, 2.75) is 30.7 Å². The molecule has 1 aliphatic heterocycles. The van der Waals surface area contributed by atoms with E-state index in [2.05, 4.69) is 0 Å². The first-order chi connectivity index (χ1) is 15.2. The van der Waals surface area contributed by atoms with Crippen LogP contribution >= 0.6 is 0 Å². The van der Waals surface area contributed by atoms with Crippen LogP contribution in [0.4, 0.5) is 0 Å². The van der Waals surface area contributed by atoms with Gasteiger partial charge in [-0.25, -0.2) is 0 Å². The summed E-state index contributed by atoms with van der Waals surface area (Å²) in [4.78, 5) is 12.4. The Bertz CT molecular complexity index is 1200. The van der Waals surface area contributed by atoms with Crippen molar-refractivity contribution >= 4 is 11.0 Å². The molecule has 0 amide bonds. The van der Waals surface area contributed by atoms with Crippen LogP contribution < -0.4 is 10.2 Å². The molecule has 0 saturated carbocycles. The molecule has 11 nitrogen and oxygen atoms in total. The highest BCUT2D eigenvalue weighted by molar-refractivity contribution is 5.86. The number of phenolic OH excluding ortho intramolecular Hbond substituents is 3. The third-order valence-corrected chi connectivity index (χ3v) is 5.13. The van der Waals surface area contributed by atoms with E-state index in [0.29, 0.717) is 0 Å². The van der Waals surface area contributed by atoms with E-state index in [1.54, 1.807) is 0 Å². The third kappa shape index (κ3) is 3.83. The molecule has 0 aliphatic carbocycles. The summed E-state index contributed by atoms with van der Waals surface area (Å²) in [6.45, 7) is -0.654. The van der Waals surface area contributed by atoms with Gasteiger partial charge < -0.3 is 49.6 Å². The van der Waals surface area contributed by atoms with E-state index >= 15 is 0 Å². The molecular weight excluding hydrogens is 428 g/mol. The van der Waals surface area contributed by atoms with E-state index in [1.807, 2.05) is 0 Å². The van der Waals surface area contributed by atoms with Crippen molar-refractivity contribution in [1.29, 1.82) is 0 Å². The lowest BCUT2D eigenvalue weighted by molar-refractivity contribution is -0.277. The lowest BCUT2D eigenvalue weighted by Crippen LogP contribution is -2.60. The lowest BCUT2D eigenvalue weighted by atomic mass is 9.99. The summed E-state index contributed by atoms with van der Waals surface area (Å²) in [5.74, 6) is -1.33. The highest BCUT2D eigenvalue weighted by Crippen LogP contribution is 2.36. The number of benzene rings is 2. The normalized spacial score (nSPS) is 25.7. The smallest absolute Gasteiger partial charge is 0.229 e. The van der Waals surface area contributed by atoms with E-state index < -0.39 is 48.5 Å². The predicted molar refractivity (Wildman–Crippen MR) is 107 cm³/mol. The summed E-state index contributed by atoms with van der Waals surface area (Å²) in [6, 6.07) is 7.16. The molecule has 4 rings (SSSR count). The highest BCUT2D eigenvalue weighted by Gasteiger charge is 2.45. The Morgan fingerprint density at radius 3 is 2.38 bits per heavy atom. The van der Waals surface area contributed by atoms with Crippen molar-refractivity contribution in [2.75, 3.05) is 6.61 Å². The fourth-order valence-corrected chi connectivity index (χ4v) is 3.45. The Hall–Kier alpha value is -3.35. The minimum absolute atomic E-state index is 0.0196. The topological polar surface area (TPSA) is 190 Å². The lowest BCUT2D eigenvalue weighted by Gasteiger charge is -2.39. The van der Waals surface area contributed by atoms with E-state index in [0.717, 1.165) is 18.2 Å². The molecule has 7 N–H and O–H groups in total. The van der Waals surface area contributed by atoms with Crippen LogP contribution in [0.25, 0.3) is 22.3 Å². The van der Waals surface area contributed by atoms with Crippen LogP contribution in [-0.2, 0) is 4.74 Å². The maximum atomic E-state index is 12.4. The second-order valence-corrected chi connectivity index (χ2v) is 7.31. The van der Waals surface area contributed by atoms with Crippen LogP contribution in [0, 0.1) is 0 Å². The van der Waals surface area contributed by atoms with Gasteiger partial charge in [-0.2, -0.15) is 0 Å². The summed E-state index contributed by atoms with van der Waals surface area (Å²) >= 11 is 0.